The molecule has 2 aliphatic rings. The predicted molar refractivity (Wildman–Crippen MR) is 88.8 cm³/mol. The molecule has 124 valence electrons. The van der Waals surface area contributed by atoms with E-state index in [1.165, 1.54) is 0 Å². The van der Waals surface area contributed by atoms with Crippen molar-refractivity contribution in [2.75, 3.05) is 0 Å². The fourth-order valence-electron chi connectivity index (χ4n) is 3.41. The number of imide groups is 1. The Bertz CT molecular complexity index is 772. The molecule has 1 aromatic carbocycles. The van der Waals surface area contributed by atoms with Crippen LogP contribution in [0.3, 0.4) is 0 Å². The number of thioether (sulfide) groups is 1. The molecule has 0 aliphatic carbocycles. The van der Waals surface area contributed by atoms with Gasteiger partial charge in [-0.15, -0.1) is 0 Å². The molecule has 0 radical (unpaired) electrons. The van der Waals surface area contributed by atoms with Crippen molar-refractivity contribution in [3.8, 4) is 0 Å². The second-order valence-electron chi connectivity index (χ2n) is 6.54. The number of amides is 2. The number of Topliss-reactive ketones (excluding diaryl/α,β-unsaturated/α-hetero) is 1. The van der Waals surface area contributed by atoms with Gasteiger partial charge in [0.1, 0.15) is 11.2 Å². The molecule has 2 heterocycles. The van der Waals surface area contributed by atoms with Gasteiger partial charge in [-0.1, -0.05) is 55.9 Å². The highest BCUT2D eigenvalue weighted by molar-refractivity contribution is 8.15. The average Bonchev–Trinajstić information content (AvgIpc) is 2.55. The molecular weight excluding hydrogens is 328 g/mol. The van der Waals surface area contributed by atoms with E-state index in [4.69, 9.17) is 5.41 Å². The van der Waals surface area contributed by atoms with Gasteiger partial charge in [-0.25, -0.2) is 0 Å². The van der Waals surface area contributed by atoms with Gasteiger partial charge in [0, 0.05) is 16.7 Å². The summed E-state index contributed by atoms with van der Waals surface area (Å²) in [5, 5.41) is 9.02. The Morgan fingerprint density at radius 2 is 1.67 bits per heavy atom. The first-order chi connectivity index (χ1) is 11.2. The van der Waals surface area contributed by atoms with Gasteiger partial charge in [-0.3, -0.25) is 24.5 Å². The van der Waals surface area contributed by atoms with Crippen molar-refractivity contribution in [3.63, 3.8) is 0 Å². The minimum Gasteiger partial charge on any atom is -0.307 e. The molecule has 24 heavy (non-hydrogen) atoms. The normalized spacial score (nSPS) is 29.0. The minimum atomic E-state index is -1.09. The number of ketones is 1. The zero-order chi connectivity index (χ0) is 17.6. The lowest BCUT2D eigenvalue weighted by molar-refractivity contribution is -0.147. The Hall–Kier alpha value is -2.28. The summed E-state index contributed by atoms with van der Waals surface area (Å²) in [6.07, 6.45) is 0. The summed E-state index contributed by atoms with van der Waals surface area (Å²) in [5.41, 5.74) is -0.792. The quantitative estimate of drug-likeness (QED) is 0.480. The molecule has 3 unspecified atom stereocenters. The first kappa shape index (κ1) is 16.6. The number of hydrogen-bond donors (Lipinski definition) is 2. The maximum atomic E-state index is 12.8. The number of hydrogen-bond acceptors (Lipinski definition) is 6. The van der Waals surface area contributed by atoms with E-state index in [1.54, 1.807) is 44.2 Å². The van der Waals surface area contributed by atoms with Crippen molar-refractivity contribution in [1.82, 2.24) is 5.32 Å². The molecular formula is C17H16N2O4S. The van der Waals surface area contributed by atoms with Crippen molar-refractivity contribution in [2.24, 2.45) is 17.3 Å². The van der Waals surface area contributed by atoms with E-state index >= 15 is 0 Å². The Morgan fingerprint density at radius 1 is 1.08 bits per heavy atom. The third kappa shape index (κ3) is 2.39. The zero-order valence-electron chi connectivity index (χ0n) is 13.2. The molecule has 0 aromatic heterocycles. The van der Waals surface area contributed by atoms with Crippen LogP contribution in [0.4, 0.5) is 0 Å². The summed E-state index contributed by atoms with van der Waals surface area (Å²) in [5.74, 6) is -3.72. The van der Waals surface area contributed by atoms with Gasteiger partial charge in [-0.05, 0) is 0 Å². The van der Waals surface area contributed by atoms with Crippen LogP contribution >= 0.6 is 11.8 Å². The topological polar surface area (TPSA) is 104 Å². The minimum absolute atomic E-state index is 0.125. The Morgan fingerprint density at radius 3 is 2.29 bits per heavy atom. The van der Waals surface area contributed by atoms with Gasteiger partial charge in [0.25, 0.3) is 0 Å². The molecule has 3 rings (SSSR count). The second-order valence-corrected chi connectivity index (χ2v) is 7.65. The first-order valence-corrected chi connectivity index (χ1v) is 8.36. The monoisotopic (exact) mass is 344 g/mol. The molecule has 2 bridgehead atoms. The van der Waals surface area contributed by atoms with Crippen LogP contribution < -0.4 is 5.32 Å². The lowest BCUT2D eigenvalue weighted by atomic mass is 9.64. The molecule has 2 amide bonds. The van der Waals surface area contributed by atoms with Crippen molar-refractivity contribution in [3.05, 3.63) is 35.9 Å². The Labute approximate surface area is 142 Å². The molecule has 2 N–H and O–H groups in total. The van der Waals surface area contributed by atoms with E-state index in [0.29, 0.717) is 17.3 Å². The number of carbonyl (C=O) groups is 4. The van der Waals surface area contributed by atoms with Crippen molar-refractivity contribution >= 4 is 40.2 Å². The SMILES string of the molecule is CC1(C)C2C(=N)C(C(=O)c3ccccc3)SC(=O)C1C(=O)NC2=O. The molecule has 6 nitrogen and oxygen atoms in total. The predicted octanol–water partition coefficient (Wildman–Crippen LogP) is 1.45. The van der Waals surface area contributed by atoms with E-state index in [1.807, 2.05) is 0 Å². The van der Waals surface area contributed by atoms with E-state index in [2.05, 4.69) is 5.32 Å². The van der Waals surface area contributed by atoms with Crippen molar-refractivity contribution in [1.29, 1.82) is 5.41 Å². The number of rotatable bonds is 2. The van der Waals surface area contributed by atoms with Crippen LogP contribution in [0, 0.1) is 22.7 Å². The summed E-state index contributed by atoms with van der Waals surface area (Å²) in [6.45, 7) is 3.25. The molecule has 1 aromatic rings. The molecule has 2 saturated heterocycles. The molecule has 2 fully saturated rings. The maximum absolute atomic E-state index is 12.8. The first-order valence-electron chi connectivity index (χ1n) is 7.48. The fourth-order valence-corrected chi connectivity index (χ4v) is 4.69. The lowest BCUT2D eigenvalue weighted by Crippen LogP contribution is -2.59. The van der Waals surface area contributed by atoms with Crippen LogP contribution in [-0.4, -0.2) is 33.7 Å². The number of nitrogens with one attached hydrogen (secondary N) is 2. The second kappa shape index (κ2) is 5.66. The van der Waals surface area contributed by atoms with E-state index < -0.39 is 45.2 Å². The lowest BCUT2D eigenvalue weighted by Gasteiger charge is -2.40. The fraction of sp³-hybridized carbons (Fsp3) is 0.353. The van der Waals surface area contributed by atoms with Crippen LogP contribution in [0.25, 0.3) is 0 Å². The summed E-state index contributed by atoms with van der Waals surface area (Å²) >= 11 is 0.677. The van der Waals surface area contributed by atoms with E-state index in [0.717, 1.165) is 0 Å². The van der Waals surface area contributed by atoms with Gasteiger partial charge >= 0.3 is 0 Å². The van der Waals surface area contributed by atoms with Gasteiger partial charge in [0.2, 0.25) is 16.9 Å². The molecule has 2 aliphatic heterocycles. The van der Waals surface area contributed by atoms with Crippen molar-refractivity contribution in [2.45, 2.75) is 19.1 Å². The van der Waals surface area contributed by atoms with Gasteiger partial charge in [0.15, 0.2) is 5.78 Å². The van der Waals surface area contributed by atoms with Gasteiger partial charge < -0.3 is 5.41 Å². The largest absolute Gasteiger partial charge is 0.307 e. The van der Waals surface area contributed by atoms with E-state index in [9.17, 15) is 19.2 Å². The zero-order valence-corrected chi connectivity index (χ0v) is 14.0. The van der Waals surface area contributed by atoms with Gasteiger partial charge in [-0.2, -0.15) is 0 Å². The Balaban J connectivity index is 2.07. The van der Waals surface area contributed by atoms with Crippen LogP contribution in [0.5, 0.6) is 0 Å². The Kier molecular flexibility index (Phi) is 3.91. The highest BCUT2D eigenvalue weighted by Crippen LogP contribution is 2.47. The number of carbonyl (C=O) groups excluding carboxylic acids is 4. The van der Waals surface area contributed by atoms with Gasteiger partial charge in [0.05, 0.1) is 5.92 Å². The maximum Gasteiger partial charge on any atom is 0.238 e. The molecule has 7 heteroatoms. The molecule has 0 spiro atoms. The number of benzene rings is 1. The van der Waals surface area contributed by atoms with Crippen LogP contribution in [0.2, 0.25) is 0 Å². The van der Waals surface area contributed by atoms with Crippen LogP contribution in [-0.2, 0) is 14.4 Å². The standard InChI is InChI=1S/C17H16N2O4S/c1-17(2)9-11(18)13(12(20)8-6-4-3-5-7-8)24-16(23)10(17)15(22)19-14(9)21/h3-7,9-10,13,18H,1-2H3,(H,19,21,22). The van der Waals surface area contributed by atoms with Crippen LogP contribution in [0.15, 0.2) is 30.3 Å². The summed E-state index contributed by atoms with van der Waals surface area (Å²) in [7, 11) is 0. The summed E-state index contributed by atoms with van der Waals surface area (Å²) < 4.78 is 0. The third-order valence-corrected chi connectivity index (χ3v) is 5.79. The summed E-state index contributed by atoms with van der Waals surface area (Å²) in [6, 6.07) is 8.36. The summed E-state index contributed by atoms with van der Waals surface area (Å²) in [4.78, 5) is 49.8. The number of piperidine rings is 1. The van der Waals surface area contributed by atoms with Crippen molar-refractivity contribution < 1.29 is 19.2 Å². The average molecular weight is 344 g/mol. The third-order valence-electron chi connectivity index (χ3n) is 4.62. The van der Waals surface area contributed by atoms with E-state index in [-0.39, 0.29) is 5.71 Å². The molecule has 3 atom stereocenters. The highest BCUT2D eigenvalue weighted by Gasteiger charge is 2.58. The highest BCUT2D eigenvalue weighted by atomic mass is 32.2. The smallest absolute Gasteiger partial charge is 0.238 e. The molecule has 0 saturated carbocycles. The van der Waals surface area contributed by atoms with Crippen LogP contribution in [0.1, 0.15) is 24.2 Å². The number of fused-ring (bicyclic) bond motifs is 2.